The fraction of sp³-hybridized carbons (Fsp3) is 0.409. The summed E-state index contributed by atoms with van der Waals surface area (Å²) in [5, 5.41) is 17.6. The van der Waals surface area contributed by atoms with Gasteiger partial charge in [-0.05, 0) is 50.5 Å². The molecule has 5 rings (SSSR count). The van der Waals surface area contributed by atoms with Gasteiger partial charge >= 0.3 is 0 Å². The maximum Gasteiger partial charge on any atom is 0.256 e. The number of fused-ring (bicyclic) bond motifs is 2. The molecular formula is C22H23F3N6O2. The zero-order chi connectivity index (χ0) is 23.5. The van der Waals surface area contributed by atoms with Crippen LogP contribution in [0.1, 0.15) is 25.6 Å². The Morgan fingerprint density at radius 3 is 2.73 bits per heavy atom. The van der Waals surface area contributed by atoms with Crippen molar-refractivity contribution in [2.75, 3.05) is 12.4 Å². The van der Waals surface area contributed by atoms with Crippen LogP contribution in [0.25, 0.3) is 27.7 Å². The Bertz CT molecular complexity index is 1360. The van der Waals surface area contributed by atoms with Crippen LogP contribution in [-0.2, 0) is 6.54 Å². The van der Waals surface area contributed by atoms with E-state index in [0.717, 1.165) is 0 Å². The van der Waals surface area contributed by atoms with Crippen LogP contribution in [0, 0.1) is 12.7 Å². The maximum absolute atomic E-state index is 14.9. The van der Waals surface area contributed by atoms with E-state index in [1.54, 1.807) is 36.7 Å². The number of halogens is 3. The van der Waals surface area contributed by atoms with Crippen molar-refractivity contribution in [3.05, 3.63) is 36.0 Å². The van der Waals surface area contributed by atoms with E-state index in [-0.39, 0.29) is 23.0 Å². The van der Waals surface area contributed by atoms with Gasteiger partial charge in [0.05, 0.1) is 24.8 Å². The van der Waals surface area contributed by atoms with Gasteiger partial charge in [0, 0.05) is 17.8 Å². The van der Waals surface area contributed by atoms with E-state index < -0.39 is 24.4 Å². The van der Waals surface area contributed by atoms with Crippen molar-refractivity contribution in [3.63, 3.8) is 0 Å². The lowest BCUT2D eigenvalue weighted by Crippen LogP contribution is -2.48. The molecule has 0 aliphatic heterocycles. The molecule has 0 amide bonds. The third kappa shape index (κ3) is 3.75. The smallest absolute Gasteiger partial charge is 0.256 e. The monoisotopic (exact) mass is 460 g/mol. The maximum atomic E-state index is 14.9. The zero-order valence-corrected chi connectivity index (χ0v) is 18.3. The normalized spacial score (nSPS) is 20.5. The molecule has 11 heteroatoms. The van der Waals surface area contributed by atoms with Crippen LogP contribution in [0.5, 0.6) is 5.88 Å². The number of rotatable bonds is 6. The van der Waals surface area contributed by atoms with E-state index in [1.807, 2.05) is 0 Å². The Kier molecular flexibility index (Phi) is 4.96. The molecule has 0 atom stereocenters. The Labute approximate surface area is 187 Å². The minimum atomic E-state index is -2.60. The summed E-state index contributed by atoms with van der Waals surface area (Å²) in [5.74, 6) is 0.327. The SMILES string of the molecule is COc1nc(NC2CC(C)(O)C2)nn2ccc(-c3cc(F)c4nc(C)n(CC(F)F)c4c3)c12. The van der Waals surface area contributed by atoms with E-state index in [4.69, 9.17) is 4.74 Å². The highest BCUT2D eigenvalue weighted by atomic mass is 19.3. The fourth-order valence-electron chi connectivity index (χ4n) is 4.54. The molecule has 1 aliphatic carbocycles. The van der Waals surface area contributed by atoms with Gasteiger partial charge in [0.15, 0.2) is 5.82 Å². The molecule has 1 fully saturated rings. The van der Waals surface area contributed by atoms with Crippen LogP contribution in [-0.4, -0.2) is 54.4 Å². The minimum absolute atomic E-state index is 0.0477. The summed E-state index contributed by atoms with van der Waals surface area (Å²) in [6, 6.07) is 4.75. The topological polar surface area (TPSA) is 89.5 Å². The molecule has 0 bridgehead atoms. The van der Waals surface area contributed by atoms with Gasteiger partial charge in [0.1, 0.15) is 16.9 Å². The van der Waals surface area contributed by atoms with E-state index in [2.05, 4.69) is 20.4 Å². The molecule has 1 saturated carbocycles. The first kappa shape index (κ1) is 21.5. The van der Waals surface area contributed by atoms with Gasteiger partial charge in [-0.1, -0.05) is 0 Å². The van der Waals surface area contributed by atoms with Crippen LogP contribution >= 0.6 is 0 Å². The average Bonchev–Trinajstić information content (AvgIpc) is 3.28. The number of aliphatic hydroxyl groups is 1. The molecule has 2 N–H and O–H groups in total. The van der Waals surface area contributed by atoms with Gasteiger partial charge in [0.25, 0.3) is 6.43 Å². The molecule has 0 saturated heterocycles. The number of alkyl halides is 2. The number of aromatic nitrogens is 5. The molecular weight excluding hydrogens is 437 g/mol. The molecule has 8 nitrogen and oxygen atoms in total. The van der Waals surface area contributed by atoms with E-state index >= 15 is 0 Å². The van der Waals surface area contributed by atoms with Crippen LogP contribution in [0.4, 0.5) is 19.1 Å². The lowest BCUT2D eigenvalue weighted by atomic mass is 9.77. The number of nitrogens with zero attached hydrogens (tertiary/aromatic N) is 5. The summed E-state index contributed by atoms with van der Waals surface area (Å²) >= 11 is 0. The number of hydrogen-bond acceptors (Lipinski definition) is 6. The number of nitrogens with one attached hydrogen (secondary N) is 1. The first-order valence-electron chi connectivity index (χ1n) is 10.5. The summed E-state index contributed by atoms with van der Waals surface area (Å²) in [7, 11) is 1.47. The number of anilines is 1. The molecule has 1 aromatic carbocycles. The predicted molar refractivity (Wildman–Crippen MR) is 116 cm³/mol. The van der Waals surface area contributed by atoms with Crippen molar-refractivity contribution in [1.82, 2.24) is 24.1 Å². The van der Waals surface area contributed by atoms with Crippen LogP contribution < -0.4 is 10.1 Å². The first-order chi connectivity index (χ1) is 15.6. The number of benzene rings is 1. The van der Waals surface area contributed by atoms with Crippen LogP contribution in [0.3, 0.4) is 0 Å². The number of ether oxygens (including phenoxy) is 1. The second-order valence-corrected chi connectivity index (χ2v) is 8.70. The molecule has 174 valence electrons. The van der Waals surface area contributed by atoms with E-state index in [9.17, 15) is 18.3 Å². The molecule has 0 unspecified atom stereocenters. The van der Waals surface area contributed by atoms with Crippen molar-refractivity contribution < 1.29 is 23.0 Å². The average molecular weight is 460 g/mol. The largest absolute Gasteiger partial charge is 0.479 e. The van der Waals surface area contributed by atoms with Crippen molar-refractivity contribution in [2.45, 2.75) is 51.3 Å². The van der Waals surface area contributed by atoms with Crippen molar-refractivity contribution in [2.24, 2.45) is 0 Å². The Morgan fingerprint density at radius 2 is 2.06 bits per heavy atom. The third-order valence-electron chi connectivity index (χ3n) is 6.01. The Morgan fingerprint density at radius 1 is 1.30 bits per heavy atom. The standard InChI is InChI=1S/C22H23F3N6O2/c1-11-26-18-15(23)6-12(7-16(18)30(11)10-17(24)25)14-4-5-31-19(14)20(33-3)28-21(29-31)27-13-8-22(2,32)9-13/h4-7,13,17,32H,8-10H2,1-3H3,(H,27,29). The fourth-order valence-corrected chi connectivity index (χ4v) is 4.54. The van der Waals surface area contributed by atoms with Crippen molar-refractivity contribution in [3.8, 4) is 17.0 Å². The number of methoxy groups -OCH3 is 1. The predicted octanol–water partition coefficient (Wildman–Crippen LogP) is 3.79. The Hall–Kier alpha value is -3.34. The van der Waals surface area contributed by atoms with Gasteiger partial charge in [-0.2, -0.15) is 4.98 Å². The molecule has 0 spiro atoms. The van der Waals surface area contributed by atoms with Gasteiger partial charge in [-0.15, -0.1) is 5.10 Å². The molecule has 4 aromatic rings. The van der Waals surface area contributed by atoms with Gasteiger partial charge in [-0.3, -0.25) is 0 Å². The summed E-state index contributed by atoms with van der Waals surface area (Å²) in [6.45, 7) is 2.78. The van der Waals surface area contributed by atoms with E-state index in [1.165, 1.54) is 17.7 Å². The molecule has 3 heterocycles. The number of hydrogen-bond donors (Lipinski definition) is 2. The number of imidazole rings is 1. The van der Waals surface area contributed by atoms with Crippen molar-refractivity contribution in [1.29, 1.82) is 0 Å². The van der Waals surface area contributed by atoms with Gasteiger partial charge < -0.3 is 19.7 Å². The first-order valence-corrected chi connectivity index (χ1v) is 10.5. The van der Waals surface area contributed by atoms with Gasteiger partial charge in [0.2, 0.25) is 11.8 Å². The summed E-state index contributed by atoms with van der Waals surface area (Å²) in [4.78, 5) is 8.56. The lowest BCUT2D eigenvalue weighted by molar-refractivity contribution is -0.0236. The third-order valence-corrected chi connectivity index (χ3v) is 6.01. The quantitative estimate of drug-likeness (QED) is 0.455. The second kappa shape index (κ2) is 7.62. The highest BCUT2D eigenvalue weighted by molar-refractivity contribution is 5.90. The molecule has 3 aromatic heterocycles. The minimum Gasteiger partial charge on any atom is -0.479 e. The van der Waals surface area contributed by atoms with E-state index in [0.29, 0.717) is 41.3 Å². The van der Waals surface area contributed by atoms with Gasteiger partial charge in [-0.25, -0.2) is 22.7 Å². The molecule has 1 aliphatic rings. The molecule has 33 heavy (non-hydrogen) atoms. The summed E-state index contributed by atoms with van der Waals surface area (Å²) < 4.78 is 49.5. The zero-order valence-electron chi connectivity index (χ0n) is 18.3. The summed E-state index contributed by atoms with van der Waals surface area (Å²) in [5.41, 5.74) is 1.22. The number of aryl methyl sites for hydroxylation is 1. The Balaban J connectivity index is 1.58. The van der Waals surface area contributed by atoms with Crippen molar-refractivity contribution >= 4 is 22.5 Å². The van der Waals surface area contributed by atoms with Crippen LogP contribution in [0.15, 0.2) is 24.4 Å². The lowest BCUT2D eigenvalue weighted by Gasteiger charge is -2.41. The second-order valence-electron chi connectivity index (χ2n) is 8.70. The highest BCUT2D eigenvalue weighted by Gasteiger charge is 2.38. The van der Waals surface area contributed by atoms with Crippen LogP contribution in [0.2, 0.25) is 0 Å². The molecule has 0 radical (unpaired) electrons. The summed E-state index contributed by atoms with van der Waals surface area (Å²) in [6.07, 6.45) is 0.264. The highest BCUT2D eigenvalue weighted by Crippen LogP contribution is 2.36.